The monoisotopic (exact) mass is 1020 g/mol. The molecular weight excluding hydrogens is 953 g/mol. The summed E-state index contributed by atoms with van der Waals surface area (Å²) in [5, 5.41) is 60.1. The smallest absolute Gasteiger partial charge is 0.330 e. The van der Waals surface area contributed by atoms with Crippen LogP contribution in [-0.4, -0.2) is 166 Å². The summed E-state index contributed by atoms with van der Waals surface area (Å²) in [4.78, 5) is 107. The fraction of sp³-hybridized carbons (Fsp3) is 0.634. The average Bonchev–Trinajstić information content (AvgIpc) is 3.97. The first-order valence-corrected chi connectivity index (χ1v) is 24.1. The Morgan fingerprint density at radius 2 is 1.39 bits per heavy atom. The highest BCUT2D eigenvalue weighted by Gasteiger charge is 2.44. The molecule has 2 aromatic heterocycles. The standard InChI is InChI=1S/C18H28N4O6.C12H15N3O7.C11H23N2O6P/c19-7-3-1-2-4-8-20-15(25)6-5-12-10-22(18(27)21-17(12)26)16-9-13(24)14(11-23)28-16;13-7(17)2-1-5-3-15(12(21)14-10(5)20)11-9(19)8(18)6(4-16)22-11;12-5-3-1-2-4-11(15)13-6-9(10(14)7-13)8-19-20(16,17)18/h5-6,10,13-14,16,23-24H,1-4,7-9,11,19H2,(H,20,25)(H,21,26,27);1-3,6,8-9,11,16,18-19H,4H2,(H2,13,17)(H,14,20,21);9-10,14H,1-8,12H2,(H2,16,17,18)/p+1/b6-5+;2-1+;/t13?,14-,16-;6-,8?,9+,11-;/m11./s1. The quantitative estimate of drug-likeness (QED) is 0.0296. The number of unbranched alkanes of at least 4 members (excludes halogenated alkanes) is 5. The second-order valence-electron chi connectivity index (χ2n) is 16.5. The van der Waals surface area contributed by atoms with Crippen molar-refractivity contribution in [2.75, 3.05) is 52.5 Å². The molecule has 5 heterocycles. The third-order valence-corrected chi connectivity index (χ3v) is 11.6. The zero-order valence-electron chi connectivity index (χ0n) is 38.5. The van der Waals surface area contributed by atoms with E-state index < -0.39 is 97.8 Å². The molecule has 0 aromatic carbocycles. The number of H-pyrrole nitrogens is 2. The van der Waals surface area contributed by atoms with Crippen LogP contribution in [0.2, 0.25) is 0 Å². The van der Waals surface area contributed by atoms with Crippen LogP contribution in [0, 0.1) is 5.92 Å². The van der Waals surface area contributed by atoms with Gasteiger partial charge in [-0.1, -0.05) is 6.42 Å². The van der Waals surface area contributed by atoms with Crippen LogP contribution in [0.5, 0.6) is 0 Å². The third-order valence-electron chi connectivity index (χ3n) is 11.1. The predicted molar refractivity (Wildman–Crippen MR) is 242 cm³/mol. The van der Waals surface area contributed by atoms with E-state index in [0.29, 0.717) is 13.0 Å². The Balaban J connectivity index is 0.000000283. The van der Waals surface area contributed by atoms with Gasteiger partial charge < -0.3 is 81.8 Å². The van der Waals surface area contributed by atoms with Crippen LogP contribution >= 0.6 is 7.82 Å². The molecule has 0 spiro atoms. The summed E-state index contributed by atoms with van der Waals surface area (Å²) in [5.41, 5.74) is 9.51. The number of nitrogens with two attached hydrogens (primary N) is 1. The van der Waals surface area contributed by atoms with Gasteiger partial charge in [-0.15, -0.1) is 0 Å². The number of quaternary nitrogens is 2. The normalized spacial score (nSPS) is 25.1. The molecule has 0 radical (unpaired) electrons. The maximum atomic E-state index is 12.0. The van der Waals surface area contributed by atoms with E-state index >= 15 is 0 Å². The minimum atomic E-state index is -4.78. The molecule has 5 unspecified atom stereocenters. The number of nitrogens with zero attached hydrogens (tertiary/aromatic N) is 3. The lowest BCUT2D eigenvalue weighted by molar-refractivity contribution is -0.368. The van der Waals surface area contributed by atoms with Gasteiger partial charge >= 0.3 is 11.4 Å². The maximum Gasteiger partial charge on any atom is 0.330 e. The van der Waals surface area contributed by atoms with Crippen LogP contribution in [0.3, 0.4) is 0 Å². The van der Waals surface area contributed by atoms with Gasteiger partial charge in [0.1, 0.15) is 30.6 Å². The molecule has 18 N–H and O–H groups in total. The number of amides is 3. The Morgan fingerprint density at radius 3 is 1.94 bits per heavy atom. The van der Waals surface area contributed by atoms with Crippen LogP contribution in [0.15, 0.2) is 43.7 Å². The van der Waals surface area contributed by atoms with Gasteiger partial charge in [0.2, 0.25) is 17.7 Å². The van der Waals surface area contributed by atoms with Crippen molar-refractivity contribution in [2.24, 2.45) is 11.7 Å². The van der Waals surface area contributed by atoms with Gasteiger partial charge in [-0.2, -0.15) is 0 Å². The van der Waals surface area contributed by atoms with Gasteiger partial charge in [0.25, 0.3) is 18.9 Å². The van der Waals surface area contributed by atoms with E-state index in [2.05, 4.69) is 26.3 Å². The van der Waals surface area contributed by atoms with E-state index in [4.69, 9.17) is 30.3 Å². The van der Waals surface area contributed by atoms with E-state index in [1.807, 2.05) is 4.98 Å². The molecule has 0 aliphatic carbocycles. The number of likely N-dealkylation sites (tertiary alicyclic amines) is 1. The number of carbonyl (C=O) groups is 3. The van der Waals surface area contributed by atoms with Crippen molar-refractivity contribution in [2.45, 2.75) is 107 Å². The fourth-order valence-corrected chi connectivity index (χ4v) is 7.64. The second kappa shape index (κ2) is 29.3. The van der Waals surface area contributed by atoms with Crippen molar-refractivity contribution < 1.29 is 84.8 Å². The Bertz CT molecular complexity index is 2350. The third kappa shape index (κ3) is 18.9. The number of phosphoric acid groups is 1. The van der Waals surface area contributed by atoms with Crippen LogP contribution in [0.25, 0.3) is 12.2 Å². The average molecular weight is 1020 g/mol. The molecule has 394 valence electrons. The van der Waals surface area contributed by atoms with Crippen molar-refractivity contribution in [1.29, 1.82) is 0 Å². The summed E-state index contributed by atoms with van der Waals surface area (Å²) in [7, 11) is -4.78. The van der Waals surface area contributed by atoms with Crippen molar-refractivity contribution in [3.63, 3.8) is 0 Å². The summed E-state index contributed by atoms with van der Waals surface area (Å²) in [6, 6.07) is 0. The first-order valence-electron chi connectivity index (χ1n) is 22.6. The predicted octanol–water partition coefficient (Wildman–Crippen LogP) is -7.16. The largest absolute Gasteiger partial charge is 0.756 e. The number of primary amides is 1. The molecule has 3 amide bonds. The van der Waals surface area contributed by atoms with Crippen molar-refractivity contribution in [1.82, 2.24) is 29.3 Å². The number of nitrogens with one attached hydrogen (secondary N) is 3. The number of rotatable bonds is 22. The van der Waals surface area contributed by atoms with Crippen LogP contribution in [0.4, 0.5) is 0 Å². The number of β-amino-alcohol motifs (C(OH)–C–C–N with tert-alkyl or cyclic N) is 1. The molecule has 3 fully saturated rings. The number of aliphatic hydroxyl groups excluding tert-OH is 6. The van der Waals surface area contributed by atoms with Gasteiger partial charge in [-0.3, -0.25) is 47.6 Å². The van der Waals surface area contributed by atoms with Crippen LogP contribution in [-0.2, 0) is 32.9 Å². The summed E-state index contributed by atoms with van der Waals surface area (Å²) in [5.74, 6) is -1.66. The minimum Gasteiger partial charge on any atom is -0.756 e. The Kier molecular flexibility index (Phi) is 24.8. The SMILES string of the molecule is NC(=O)/C=C/c1cn([C@@H]2O[C@H](CO)C(O)[C@@H]2O)c(=O)[nH]c1=O.[NH3+]CCCCCC(=O)N1CC(O)C(COP(=O)([O-])O)C1.[NH3+]CCCCCCNC(=O)/C=C/c1cn([C@H]2CC(O)[C@@H](CO)O2)c(=O)[nH]c1=O. The molecular formula is C41H67N9O19P+. The molecule has 0 bridgehead atoms. The zero-order chi connectivity index (χ0) is 52.1. The van der Waals surface area contributed by atoms with Gasteiger partial charge in [0, 0.05) is 62.9 Å². The lowest BCUT2D eigenvalue weighted by Crippen LogP contribution is -2.50. The summed E-state index contributed by atoms with van der Waals surface area (Å²) in [6.45, 7) is 1.49. The molecule has 3 aliphatic rings. The van der Waals surface area contributed by atoms with E-state index in [1.165, 1.54) is 23.2 Å². The number of phosphoric ester groups is 1. The van der Waals surface area contributed by atoms with E-state index in [0.717, 1.165) is 85.5 Å². The van der Waals surface area contributed by atoms with E-state index in [9.17, 15) is 63.4 Å². The summed E-state index contributed by atoms with van der Waals surface area (Å²) >= 11 is 0. The van der Waals surface area contributed by atoms with Gasteiger partial charge in [-0.25, -0.2) is 9.59 Å². The Labute approximate surface area is 399 Å². The van der Waals surface area contributed by atoms with Crippen LogP contribution in [0.1, 0.15) is 81.4 Å². The Morgan fingerprint density at radius 1 is 0.814 bits per heavy atom. The number of aliphatic hydroxyl groups is 6. The molecule has 70 heavy (non-hydrogen) atoms. The Hall–Kier alpha value is -5.04. The van der Waals surface area contributed by atoms with Crippen molar-refractivity contribution in [3.8, 4) is 0 Å². The maximum absolute atomic E-state index is 12.0. The van der Waals surface area contributed by atoms with E-state index in [-0.39, 0.29) is 55.7 Å². The van der Waals surface area contributed by atoms with Gasteiger partial charge in [0.15, 0.2) is 6.23 Å². The van der Waals surface area contributed by atoms with Gasteiger partial charge in [-0.05, 0) is 50.7 Å². The highest BCUT2D eigenvalue weighted by atomic mass is 31.2. The first-order chi connectivity index (χ1) is 33.1. The van der Waals surface area contributed by atoms with Crippen molar-refractivity contribution in [3.05, 3.63) is 77.3 Å². The molecule has 5 rings (SSSR count). The zero-order valence-corrected chi connectivity index (χ0v) is 39.4. The minimum absolute atomic E-state index is 0.0510. The lowest BCUT2D eigenvalue weighted by Gasteiger charge is -2.20. The topological polar surface area (TPSA) is 467 Å². The molecule has 3 saturated heterocycles. The van der Waals surface area contributed by atoms with Crippen molar-refractivity contribution >= 4 is 37.7 Å². The number of hydrogen-bond acceptors (Lipinski definition) is 18. The summed E-state index contributed by atoms with van der Waals surface area (Å²) < 4.78 is 27.4. The summed E-state index contributed by atoms with van der Waals surface area (Å²) in [6.07, 6.45) is 5.64. The molecule has 10 atom stereocenters. The lowest BCUT2D eigenvalue weighted by atomic mass is 10.1. The highest BCUT2D eigenvalue weighted by Crippen LogP contribution is 2.33. The molecule has 29 heteroatoms. The fourth-order valence-electron chi connectivity index (χ4n) is 7.26. The van der Waals surface area contributed by atoms with Gasteiger partial charge in [0.05, 0.1) is 56.2 Å². The number of aromatic nitrogens is 4. The number of ether oxygens (including phenoxy) is 2. The number of carbonyl (C=O) groups excluding carboxylic acids is 3. The van der Waals surface area contributed by atoms with Crippen LogP contribution < -0.4 is 49.9 Å². The first kappa shape index (κ1) is 59.3. The molecule has 0 saturated carbocycles. The molecule has 2 aromatic rings. The number of hydrogen-bond donors (Lipinski definition) is 13. The second-order valence-corrected chi connectivity index (χ2v) is 17.7. The molecule has 28 nitrogen and oxygen atoms in total. The highest BCUT2D eigenvalue weighted by molar-refractivity contribution is 7.44. The molecule has 3 aliphatic heterocycles. The van der Waals surface area contributed by atoms with E-state index in [1.54, 1.807) is 0 Å². The number of aromatic amines is 2.